The topological polar surface area (TPSA) is 21.3 Å². The third-order valence-electron chi connectivity index (χ3n) is 4.36. The Balaban J connectivity index is 1.75. The Hall–Kier alpha value is -1.28. The van der Waals surface area contributed by atoms with Crippen molar-refractivity contribution in [2.45, 2.75) is 57.6 Å². The summed E-state index contributed by atoms with van der Waals surface area (Å²) >= 11 is 0. The van der Waals surface area contributed by atoms with E-state index in [0.29, 0.717) is 6.04 Å². The van der Waals surface area contributed by atoms with E-state index in [4.69, 9.17) is 4.74 Å². The molecule has 2 heteroatoms. The van der Waals surface area contributed by atoms with Crippen LogP contribution >= 0.6 is 0 Å². The van der Waals surface area contributed by atoms with Gasteiger partial charge in [-0.1, -0.05) is 25.1 Å². The van der Waals surface area contributed by atoms with Crippen LogP contribution in [-0.2, 0) is 6.42 Å². The van der Waals surface area contributed by atoms with Gasteiger partial charge in [0.15, 0.2) is 0 Å². The van der Waals surface area contributed by atoms with E-state index in [2.05, 4.69) is 42.6 Å². The van der Waals surface area contributed by atoms with Gasteiger partial charge in [0.2, 0.25) is 0 Å². The number of rotatable bonds is 5. The highest BCUT2D eigenvalue weighted by molar-refractivity contribution is 5.45. The highest BCUT2D eigenvalue weighted by Crippen LogP contribution is 2.37. The van der Waals surface area contributed by atoms with Gasteiger partial charge in [0.25, 0.3) is 0 Å². The summed E-state index contributed by atoms with van der Waals surface area (Å²) in [6, 6.07) is 7.07. The Bertz CT molecular complexity index is 480. The van der Waals surface area contributed by atoms with Gasteiger partial charge in [0, 0.05) is 6.04 Å². The molecule has 0 saturated heterocycles. The molecule has 2 unspecified atom stereocenters. The number of allylic oxidation sites excluding steroid dienone is 1. The second kappa shape index (κ2) is 6.45. The van der Waals surface area contributed by atoms with Crippen LogP contribution in [0.3, 0.4) is 0 Å². The molecule has 2 aliphatic carbocycles. The summed E-state index contributed by atoms with van der Waals surface area (Å²) in [6.45, 7) is 3.32. The molecule has 0 aliphatic heterocycles. The quantitative estimate of drug-likeness (QED) is 0.812. The second-order valence-electron chi connectivity index (χ2n) is 5.88. The first kappa shape index (κ1) is 13.7. The number of nitrogens with one attached hydrogen (secondary N) is 1. The number of benzene rings is 1. The Morgan fingerprint density at radius 1 is 1.30 bits per heavy atom. The summed E-state index contributed by atoms with van der Waals surface area (Å²) in [6.07, 6.45) is 11.9. The summed E-state index contributed by atoms with van der Waals surface area (Å²) in [4.78, 5) is 0. The fraction of sp³-hybridized carbons (Fsp3) is 0.556. The van der Waals surface area contributed by atoms with Gasteiger partial charge in [0.05, 0.1) is 0 Å². The molecule has 2 atom stereocenters. The average Bonchev–Trinajstić information content (AvgIpc) is 2.90. The van der Waals surface area contributed by atoms with Gasteiger partial charge in [0.1, 0.15) is 11.9 Å². The summed E-state index contributed by atoms with van der Waals surface area (Å²) in [7, 11) is 0. The predicted octanol–water partition coefficient (Wildman–Crippen LogP) is 4.16. The van der Waals surface area contributed by atoms with Crippen molar-refractivity contribution in [3.63, 3.8) is 0 Å². The summed E-state index contributed by atoms with van der Waals surface area (Å²) in [5.41, 5.74) is 2.89. The third kappa shape index (κ3) is 2.90. The largest absolute Gasteiger partial charge is 0.486 e. The zero-order chi connectivity index (χ0) is 13.8. The van der Waals surface area contributed by atoms with Crippen molar-refractivity contribution in [3.8, 4) is 5.75 Å². The Morgan fingerprint density at radius 3 is 3.05 bits per heavy atom. The molecule has 0 fully saturated rings. The van der Waals surface area contributed by atoms with Crippen molar-refractivity contribution in [1.82, 2.24) is 5.32 Å². The molecule has 0 heterocycles. The first-order chi connectivity index (χ1) is 9.88. The molecular formula is C18H25NO. The second-order valence-corrected chi connectivity index (χ2v) is 5.88. The lowest BCUT2D eigenvalue weighted by Gasteiger charge is -2.21. The Kier molecular flexibility index (Phi) is 4.41. The molecular weight excluding hydrogens is 246 g/mol. The Morgan fingerprint density at radius 2 is 2.25 bits per heavy atom. The standard InChI is InChI=1S/C18H25NO/c1-2-13-19-17-12-11-16-15(17)9-6-10-18(16)20-14-7-4-3-5-8-14/h4,6-7,9-10,14,17,19H,2-3,5,8,11-13H2,1H3. The molecule has 1 N–H and O–H groups in total. The van der Waals surface area contributed by atoms with E-state index >= 15 is 0 Å². The monoisotopic (exact) mass is 271 g/mol. The van der Waals surface area contributed by atoms with E-state index in [9.17, 15) is 0 Å². The van der Waals surface area contributed by atoms with Crippen LogP contribution in [0.2, 0.25) is 0 Å². The molecule has 20 heavy (non-hydrogen) atoms. The first-order valence-corrected chi connectivity index (χ1v) is 8.07. The van der Waals surface area contributed by atoms with Gasteiger partial charge in [-0.2, -0.15) is 0 Å². The van der Waals surface area contributed by atoms with Crippen LogP contribution in [0.4, 0.5) is 0 Å². The van der Waals surface area contributed by atoms with Gasteiger partial charge in [-0.15, -0.1) is 0 Å². The fourth-order valence-electron chi connectivity index (χ4n) is 3.30. The van der Waals surface area contributed by atoms with Crippen molar-refractivity contribution < 1.29 is 4.74 Å². The van der Waals surface area contributed by atoms with Crippen LogP contribution in [0.25, 0.3) is 0 Å². The third-order valence-corrected chi connectivity index (χ3v) is 4.36. The van der Waals surface area contributed by atoms with Gasteiger partial charge in [-0.25, -0.2) is 0 Å². The smallest absolute Gasteiger partial charge is 0.123 e. The molecule has 2 aliphatic rings. The molecule has 2 nitrogen and oxygen atoms in total. The van der Waals surface area contributed by atoms with Crippen LogP contribution in [0.15, 0.2) is 30.4 Å². The Labute approximate surface area is 122 Å². The van der Waals surface area contributed by atoms with Crippen molar-refractivity contribution in [1.29, 1.82) is 0 Å². The van der Waals surface area contributed by atoms with Crippen LogP contribution in [-0.4, -0.2) is 12.6 Å². The summed E-state index contributed by atoms with van der Waals surface area (Å²) in [5, 5.41) is 3.65. The minimum atomic E-state index is 0.276. The molecule has 0 radical (unpaired) electrons. The number of hydrogen-bond donors (Lipinski definition) is 1. The zero-order valence-corrected chi connectivity index (χ0v) is 12.4. The van der Waals surface area contributed by atoms with Crippen molar-refractivity contribution in [2.24, 2.45) is 0 Å². The molecule has 0 aromatic heterocycles. The van der Waals surface area contributed by atoms with Crippen molar-refractivity contribution in [3.05, 3.63) is 41.5 Å². The van der Waals surface area contributed by atoms with Gasteiger partial charge < -0.3 is 10.1 Å². The van der Waals surface area contributed by atoms with E-state index in [-0.39, 0.29) is 6.10 Å². The summed E-state index contributed by atoms with van der Waals surface area (Å²) < 4.78 is 6.24. The number of hydrogen-bond acceptors (Lipinski definition) is 2. The number of ether oxygens (including phenoxy) is 1. The normalized spacial score (nSPS) is 24.6. The molecule has 1 aromatic carbocycles. The van der Waals surface area contributed by atoms with E-state index in [1.165, 1.54) is 36.8 Å². The van der Waals surface area contributed by atoms with E-state index in [1.807, 2.05) is 0 Å². The highest BCUT2D eigenvalue weighted by atomic mass is 16.5. The maximum Gasteiger partial charge on any atom is 0.123 e. The SMILES string of the molecule is CCCNC1CCc2c(OC3C=CCCC3)cccc21. The first-order valence-electron chi connectivity index (χ1n) is 8.07. The summed E-state index contributed by atoms with van der Waals surface area (Å²) in [5.74, 6) is 1.11. The van der Waals surface area contributed by atoms with Gasteiger partial charge in [-0.05, 0) is 68.3 Å². The predicted molar refractivity (Wildman–Crippen MR) is 83.2 cm³/mol. The maximum atomic E-state index is 6.24. The fourth-order valence-corrected chi connectivity index (χ4v) is 3.30. The number of fused-ring (bicyclic) bond motifs is 1. The molecule has 0 bridgehead atoms. The molecule has 1 aromatic rings. The van der Waals surface area contributed by atoms with E-state index in [0.717, 1.165) is 25.1 Å². The molecule has 108 valence electrons. The molecule has 0 saturated carbocycles. The maximum absolute atomic E-state index is 6.24. The molecule has 0 spiro atoms. The highest BCUT2D eigenvalue weighted by Gasteiger charge is 2.25. The minimum Gasteiger partial charge on any atom is -0.486 e. The molecule has 3 rings (SSSR count). The minimum absolute atomic E-state index is 0.276. The van der Waals surface area contributed by atoms with Crippen molar-refractivity contribution >= 4 is 0 Å². The van der Waals surface area contributed by atoms with E-state index < -0.39 is 0 Å². The van der Waals surface area contributed by atoms with Gasteiger partial charge >= 0.3 is 0 Å². The lowest BCUT2D eigenvalue weighted by atomic mass is 10.0. The van der Waals surface area contributed by atoms with Crippen LogP contribution in [0.1, 0.15) is 56.2 Å². The lowest BCUT2D eigenvalue weighted by molar-refractivity contribution is 0.228. The van der Waals surface area contributed by atoms with Crippen LogP contribution in [0, 0.1) is 0 Å². The van der Waals surface area contributed by atoms with E-state index in [1.54, 1.807) is 0 Å². The molecule has 0 amide bonds. The van der Waals surface area contributed by atoms with Gasteiger partial charge in [-0.3, -0.25) is 0 Å². The average molecular weight is 271 g/mol. The van der Waals surface area contributed by atoms with Crippen molar-refractivity contribution in [2.75, 3.05) is 6.54 Å². The zero-order valence-electron chi connectivity index (χ0n) is 12.4. The van der Waals surface area contributed by atoms with Crippen LogP contribution in [0.5, 0.6) is 5.75 Å². The lowest BCUT2D eigenvalue weighted by Crippen LogP contribution is -2.20. The van der Waals surface area contributed by atoms with Crippen LogP contribution < -0.4 is 10.1 Å².